The Morgan fingerprint density at radius 2 is 0.683 bits per heavy atom. The molecule has 0 N–H and O–H groups in total. The van der Waals surface area contributed by atoms with Crippen molar-refractivity contribution in [1.82, 2.24) is 0 Å². The Bertz CT molecular complexity index is 3220. The maximum Gasteiger partial charge on any atom is 0.0726 e. The van der Waals surface area contributed by atoms with Crippen LogP contribution in [0.5, 0.6) is 0 Å². The monoisotopic (exact) mass is 761 g/mol. The molecule has 1 spiro atoms. The molecular weight excluding hydrogens is 723 g/mol. The van der Waals surface area contributed by atoms with Crippen LogP contribution in [0.4, 0.5) is 17.1 Å². The summed E-state index contributed by atoms with van der Waals surface area (Å²) < 4.78 is 0. The standard InChI is InChI=1S/C59H39N/c1-3-14-40(15-4-1)42-26-31-46(32-27-42)60(47-33-28-44(29-34-47)50-23-13-19-43-18-7-8-20-49(43)50)48-35-37-54-52-22-10-12-25-56(52)59(58(54)39-48)55-24-11-9-21-51(55)53-36-30-45(38-57(53)59)41-16-5-2-6-17-41/h1-39H. The number of fused-ring (bicyclic) bond motifs is 11. The van der Waals surface area contributed by atoms with Crippen molar-refractivity contribution < 1.29 is 0 Å². The van der Waals surface area contributed by atoms with Gasteiger partial charge in [0.15, 0.2) is 0 Å². The van der Waals surface area contributed by atoms with Gasteiger partial charge in [0, 0.05) is 17.1 Å². The molecule has 60 heavy (non-hydrogen) atoms. The van der Waals surface area contributed by atoms with E-state index in [1.54, 1.807) is 0 Å². The smallest absolute Gasteiger partial charge is 0.0726 e. The van der Waals surface area contributed by atoms with Crippen molar-refractivity contribution in [2.24, 2.45) is 0 Å². The summed E-state index contributed by atoms with van der Waals surface area (Å²) in [5.41, 5.74) is 20.7. The molecule has 0 aromatic heterocycles. The Hall–Kier alpha value is -7.74. The molecule has 10 aromatic carbocycles. The molecule has 2 aliphatic carbocycles. The normalized spacial score (nSPS) is 14.4. The Morgan fingerprint density at radius 1 is 0.250 bits per heavy atom. The lowest BCUT2D eigenvalue weighted by atomic mass is 9.70. The summed E-state index contributed by atoms with van der Waals surface area (Å²) in [6.07, 6.45) is 0. The second-order valence-electron chi connectivity index (χ2n) is 16.0. The molecule has 1 unspecified atom stereocenters. The van der Waals surface area contributed by atoms with Crippen LogP contribution >= 0.6 is 0 Å². The van der Waals surface area contributed by atoms with Gasteiger partial charge in [-0.3, -0.25) is 0 Å². The van der Waals surface area contributed by atoms with Gasteiger partial charge in [-0.2, -0.15) is 0 Å². The van der Waals surface area contributed by atoms with Crippen molar-refractivity contribution in [3.05, 3.63) is 259 Å². The molecule has 0 heterocycles. The third kappa shape index (κ3) is 5.19. The van der Waals surface area contributed by atoms with Crippen LogP contribution in [0.3, 0.4) is 0 Å². The quantitative estimate of drug-likeness (QED) is 0.163. The zero-order valence-corrected chi connectivity index (χ0v) is 33.0. The van der Waals surface area contributed by atoms with E-state index in [0.717, 1.165) is 17.1 Å². The van der Waals surface area contributed by atoms with Gasteiger partial charge in [-0.15, -0.1) is 0 Å². The molecule has 10 aromatic rings. The number of hydrogen-bond donors (Lipinski definition) is 0. The van der Waals surface area contributed by atoms with E-state index in [4.69, 9.17) is 0 Å². The molecule has 0 amide bonds. The molecule has 1 atom stereocenters. The number of anilines is 3. The van der Waals surface area contributed by atoms with Crippen LogP contribution < -0.4 is 4.90 Å². The number of nitrogens with zero attached hydrogens (tertiary/aromatic N) is 1. The summed E-state index contributed by atoms with van der Waals surface area (Å²) in [6.45, 7) is 0. The molecule has 1 heteroatoms. The number of rotatable bonds is 6. The SMILES string of the molecule is c1ccc(-c2ccc(N(c3ccc(-c4cccc5ccccc45)cc3)c3ccc4c(c3)C3(c5ccccc5-c5ccc(-c6ccccc6)cc53)c3ccccc3-4)cc2)cc1. The largest absolute Gasteiger partial charge is 0.310 e. The van der Waals surface area contributed by atoms with E-state index in [2.05, 4.69) is 241 Å². The first kappa shape index (κ1) is 34.3. The summed E-state index contributed by atoms with van der Waals surface area (Å²) in [7, 11) is 0. The highest BCUT2D eigenvalue weighted by molar-refractivity contribution is 5.99. The minimum absolute atomic E-state index is 0.486. The fraction of sp³-hybridized carbons (Fsp3) is 0.0169. The molecule has 12 rings (SSSR count). The van der Waals surface area contributed by atoms with Crippen molar-refractivity contribution in [3.8, 4) is 55.6 Å². The first-order valence-corrected chi connectivity index (χ1v) is 20.8. The second kappa shape index (κ2) is 13.7. The maximum atomic E-state index is 2.49. The minimum atomic E-state index is -0.486. The van der Waals surface area contributed by atoms with Crippen LogP contribution in [-0.2, 0) is 5.41 Å². The van der Waals surface area contributed by atoms with Crippen LogP contribution in [0.15, 0.2) is 237 Å². The zero-order chi connectivity index (χ0) is 39.6. The van der Waals surface area contributed by atoms with Gasteiger partial charge < -0.3 is 4.90 Å². The van der Waals surface area contributed by atoms with Gasteiger partial charge in [0.1, 0.15) is 0 Å². The van der Waals surface area contributed by atoms with Crippen molar-refractivity contribution in [2.45, 2.75) is 5.41 Å². The van der Waals surface area contributed by atoms with Gasteiger partial charge in [-0.25, -0.2) is 0 Å². The fourth-order valence-corrected chi connectivity index (χ4v) is 10.2. The van der Waals surface area contributed by atoms with Crippen LogP contribution in [0.25, 0.3) is 66.4 Å². The van der Waals surface area contributed by atoms with Gasteiger partial charge in [0.25, 0.3) is 0 Å². The van der Waals surface area contributed by atoms with Gasteiger partial charge in [0.2, 0.25) is 0 Å². The molecule has 0 saturated carbocycles. The Balaban J connectivity index is 1.07. The highest BCUT2D eigenvalue weighted by Crippen LogP contribution is 2.63. The Labute approximate surface area is 351 Å². The third-order valence-electron chi connectivity index (χ3n) is 12.9. The summed E-state index contributed by atoms with van der Waals surface area (Å²) in [5, 5.41) is 2.51. The number of benzene rings is 10. The second-order valence-corrected chi connectivity index (χ2v) is 16.0. The highest BCUT2D eigenvalue weighted by Gasteiger charge is 2.52. The van der Waals surface area contributed by atoms with Crippen LogP contribution in [-0.4, -0.2) is 0 Å². The van der Waals surface area contributed by atoms with Gasteiger partial charge >= 0.3 is 0 Å². The molecule has 0 bridgehead atoms. The molecule has 2 aliphatic rings. The van der Waals surface area contributed by atoms with E-state index in [1.165, 1.54) is 88.7 Å². The average molecular weight is 762 g/mol. The maximum absolute atomic E-state index is 2.49. The van der Waals surface area contributed by atoms with Crippen LogP contribution in [0.1, 0.15) is 22.3 Å². The Morgan fingerprint density at radius 3 is 1.35 bits per heavy atom. The third-order valence-corrected chi connectivity index (χ3v) is 12.9. The first-order chi connectivity index (χ1) is 29.8. The number of hydrogen-bond acceptors (Lipinski definition) is 1. The van der Waals surface area contributed by atoms with E-state index >= 15 is 0 Å². The average Bonchev–Trinajstić information content (AvgIpc) is 3.79. The van der Waals surface area contributed by atoms with Gasteiger partial charge in [0.05, 0.1) is 5.41 Å². The van der Waals surface area contributed by atoms with Crippen LogP contribution in [0.2, 0.25) is 0 Å². The molecular formula is C59H39N. The molecule has 0 saturated heterocycles. The highest BCUT2D eigenvalue weighted by atomic mass is 15.1. The molecule has 280 valence electrons. The van der Waals surface area contributed by atoms with Crippen molar-refractivity contribution in [3.63, 3.8) is 0 Å². The zero-order valence-electron chi connectivity index (χ0n) is 33.0. The van der Waals surface area contributed by atoms with E-state index < -0.39 is 5.41 Å². The first-order valence-electron chi connectivity index (χ1n) is 20.8. The predicted molar refractivity (Wildman–Crippen MR) is 251 cm³/mol. The molecule has 0 fully saturated rings. The lowest BCUT2D eigenvalue weighted by Gasteiger charge is -2.32. The van der Waals surface area contributed by atoms with Crippen LogP contribution in [0, 0.1) is 0 Å². The summed E-state index contributed by atoms with van der Waals surface area (Å²) >= 11 is 0. The van der Waals surface area contributed by atoms with Gasteiger partial charge in [-0.1, -0.05) is 194 Å². The summed E-state index contributed by atoms with van der Waals surface area (Å²) in [6, 6.07) is 87.3. The molecule has 0 radical (unpaired) electrons. The Kier molecular flexibility index (Phi) is 7.83. The van der Waals surface area contributed by atoms with E-state index in [1.807, 2.05) is 0 Å². The van der Waals surface area contributed by atoms with E-state index in [-0.39, 0.29) is 0 Å². The molecule has 1 nitrogen and oxygen atoms in total. The predicted octanol–water partition coefficient (Wildman–Crippen LogP) is 15.7. The summed E-state index contributed by atoms with van der Waals surface area (Å²) in [4.78, 5) is 2.43. The lowest BCUT2D eigenvalue weighted by molar-refractivity contribution is 0.794. The fourth-order valence-electron chi connectivity index (χ4n) is 10.2. The van der Waals surface area contributed by atoms with Crippen molar-refractivity contribution in [1.29, 1.82) is 0 Å². The van der Waals surface area contributed by atoms with E-state index in [0.29, 0.717) is 0 Å². The van der Waals surface area contributed by atoms with Gasteiger partial charge in [-0.05, 0) is 131 Å². The van der Waals surface area contributed by atoms with E-state index in [9.17, 15) is 0 Å². The topological polar surface area (TPSA) is 3.24 Å². The van der Waals surface area contributed by atoms with Crippen molar-refractivity contribution in [2.75, 3.05) is 4.90 Å². The molecule has 0 aliphatic heterocycles. The minimum Gasteiger partial charge on any atom is -0.310 e. The summed E-state index contributed by atoms with van der Waals surface area (Å²) in [5.74, 6) is 0. The van der Waals surface area contributed by atoms with Crippen molar-refractivity contribution >= 4 is 27.8 Å². The lowest BCUT2D eigenvalue weighted by Crippen LogP contribution is -2.26.